The Hall–Kier alpha value is -3.64. The monoisotopic (exact) mass is 431 g/mol. The first-order valence-corrected chi connectivity index (χ1v) is 10.2. The summed E-state index contributed by atoms with van der Waals surface area (Å²) in [5.41, 5.74) is 10.7. The average molecular weight is 432 g/mol. The van der Waals surface area contributed by atoms with Crippen LogP contribution in [0.5, 0.6) is 5.75 Å². The van der Waals surface area contributed by atoms with Crippen molar-refractivity contribution in [3.8, 4) is 5.75 Å². The Labute approximate surface area is 186 Å². The van der Waals surface area contributed by atoms with Crippen molar-refractivity contribution in [2.24, 2.45) is 4.99 Å². The predicted octanol–water partition coefficient (Wildman–Crippen LogP) is 5.13. The molecule has 0 fully saturated rings. The number of rotatable bonds is 4. The zero-order chi connectivity index (χ0) is 22.0. The third kappa shape index (κ3) is 4.29. The van der Waals surface area contributed by atoms with Crippen LogP contribution in [0.2, 0.25) is 5.02 Å². The third-order valence-electron chi connectivity index (χ3n) is 5.02. The number of nitrogens with zero attached hydrogens (tertiary/aromatic N) is 2. The second-order valence-electron chi connectivity index (χ2n) is 7.21. The standard InChI is InChI=1S/C24H22ClN5O/c1-15(26)30-22-11-10-19(31-14-17-4-2-3-5-21(17)27)12-20(22)24(29-13-23(30)28)16-6-8-18(25)9-7-16/h2-12,26,28H,13-14,27H2,1H3. The summed E-state index contributed by atoms with van der Waals surface area (Å²) in [6, 6.07) is 20.6. The molecule has 0 atom stereocenters. The van der Waals surface area contributed by atoms with Crippen molar-refractivity contribution in [3.05, 3.63) is 88.4 Å². The summed E-state index contributed by atoms with van der Waals surface area (Å²) in [7, 11) is 0. The highest BCUT2D eigenvalue weighted by Gasteiger charge is 2.25. The molecule has 156 valence electrons. The van der Waals surface area contributed by atoms with Gasteiger partial charge in [-0.25, -0.2) is 0 Å². The number of hydrogen-bond acceptors (Lipinski definition) is 5. The van der Waals surface area contributed by atoms with Crippen molar-refractivity contribution in [1.29, 1.82) is 10.8 Å². The van der Waals surface area contributed by atoms with Gasteiger partial charge < -0.3 is 10.5 Å². The molecule has 1 aliphatic heterocycles. The van der Waals surface area contributed by atoms with Gasteiger partial charge in [0.1, 0.15) is 24.0 Å². The fourth-order valence-corrected chi connectivity index (χ4v) is 3.64. The topological polar surface area (TPSA) is 98.5 Å². The Balaban J connectivity index is 1.76. The van der Waals surface area contributed by atoms with Gasteiger partial charge in [-0.3, -0.25) is 20.7 Å². The Bertz CT molecular complexity index is 1190. The number of nitrogens with one attached hydrogen (secondary N) is 2. The molecule has 0 amide bonds. The number of para-hydroxylation sites is 1. The predicted molar refractivity (Wildman–Crippen MR) is 127 cm³/mol. The molecule has 0 saturated carbocycles. The third-order valence-corrected chi connectivity index (χ3v) is 5.28. The molecule has 0 aromatic heterocycles. The van der Waals surface area contributed by atoms with Gasteiger partial charge in [-0.15, -0.1) is 0 Å². The Morgan fingerprint density at radius 2 is 1.87 bits per heavy atom. The van der Waals surface area contributed by atoms with Crippen LogP contribution in [0, 0.1) is 10.8 Å². The van der Waals surface area contributed by atoms with Crippen LogP contribution in [0.3, 0.4) is 0 Å². The van der Waals surface area contributed by atoms with Crippen LogP contribution >= 0.6 is 11.6 Å². The Kier molecular flexibility index (Phi) is 5.73. The Morgan fingerprint density at radius 1 is 1.13 bits per heavy atom. The van der Waals surface area contributed by atoms with Crippen molar-refractivity contribution in [1.82, 2.24) is 0 Å². The first-order valence-electron chi connectivity index (χ1n) is 9.77. The number of fused-ring (bicyclic) bond motifs is 1. The van der Waals surface area contributed by atoms with E-state index >= 15 is 0 Å². The molecular formula is C24H22ClN5O. The lowest BCUT2D eigenvalue weighted by Gasteiger charge is -2.24. The van der Waals surface area contributed by atoms with Gasteiger partial charge in [-0.2, -0.15) is 0 Å². The van der Waals surface area contributed by atoms with Gasteiger partial charge in [-0.05, 0) is 43.3 Å². The second-order valence-corrected chi connectivity index (χ2v) is 7.64. The summed E-state index contributed by atoms with van der Waals surface area (Å²) in [4.78, 5) is 6.28. The molecule has 0 bridgehead atoms. The van der Waals surface area contributed by atoms with E-state index in [2.05, 4.69) is 4.99 Å². The highest BCUT2D eigenvalue weighted by atomic mass is 35.5. The molecule has 31 heavy (non-hydrogen) atoms. The van der Waals surface area contributed by atoms with Gasteiger partial charge in [0.15, 0.2) is 0 Å². The summed E-state index contributed by atoms with van der Waals surface area (Å²) in [6.07, 6.45) is 0. The molecular weight excluding hydrogens is 410 g/mol. The quantitative estimate of drug-likeness (QED) is 0.303. The lowest BCUT2D eigenvalue weighted by Crippen LogP contribution is -2.35. The van der Waals surface area contributed by atoms with Crippen LogP contribution in [0.4, 0.5) is 11.4 Å². The molecule has 0 spiro atoms. The number of aliphatic imine (C=N–C) groups is 1. The number of benzene rings is 3. The summed E-state index contributed by atoms with van der Waals surface area (Å²) >= 11 is 6.07. The van der Waals surface area contributed by atoms with Crippen LogP contribution in [-0.4, -0.2) is 23.9 Å². The maximum Gasteiger partial charge on any atom is 0.128 e. The summed E-state index contributed by atoms with van der Waals surface area (Å²) < 4.78 is 6.02. The van der Waals surface area contributed by atoms with Crippen LogP contribution < -0.4 is 15.4 Å². The van der Waals surface area contributed by atoms with Gasteiger partial charge in [-0.1, -0.05) is 41.9 Å². The van der Waals surface area contributed by atoms with Crippen molar-refractivity contribution >= 4 is 40.4 Å². The fourth-order valence-electron chi connectivity index (χ4n) is 3.51. The number of anilines is 2. The minimum atomic E-state index is 0.166. The molecule has 7 heteroatoms. The highest BCUT2D eigenvalue weighted by Crippen LogP contribution is 2.31. The van der Waals surface area contributed by atoms with Crippen molar-refractivity contribution in [2.75, 3.05) is 17.2 Å². The van der Waals surface area contributed by atoms with Gasteiger partial charge in [0, 0.05) is 27.4 Å². The van der Waals surface area contributed by atoms with Crippen molar-refractivity contribution in [3.63, 3.8) is 0 Å². The average Bonchev–Trinajstić information content (AvgIpc) is 2.89. The second kappa shape index (κ2) is 8.62. The van der Waals surface area contributed by atoms with E-state index in [1.54, 1.807) is 11.8 Å². The van der Waals surface area contributed by atoms with Crippen LogP contribution in [0.25, 0.3) is 0 Å². The molecule has 4 N–H and O–H groups in total. The van der Waals surface area contributed by atoms with Gasteiger partial charge in [0.25, 0.3) is 0 Å². The number of hydrogen-bond donors (Lipinski definition) is 3. The molecule has 0 radical (unpaired) electrons. The van der Waals surface area contributed by atoms with E-state index in [-0.39, 0.29) is 18.2 Å². The molecule has 6 nitrogen and oxygen atoms in total. The summed E-state index contributed by atoms with van der Waals surface area (Å²) in [5.74, 6) is 1.15. The lowest BCUT2D eigenvalue weighted by atomic mass is 9.99. The Morgan fingerprint density at radius 3 is 2.58 bits per heavy atom. The number of ether oxygens (including phenoxy) is 1. The molecule has 1 aliphatic rings. The van der Waals surface area contributed by atoms with E-state index in [0.717, 1.165) is 28.1 Å². The first-order chi connectivity index (χ1) is 14.9. The van der Waals surface area contributed by atoms with Crippen LogP contribution in [0.1, 0.15) is 23.6 Å². The van der Waals surface area contributed by atoms with E-state index < -0.39 is 0 Å². The molecule has 4 rings (SSSR count). The molecule has 3 aromatic rings. The fraction of sp³-hybridized carbons (Fsp3) is 0.125. The minimum Gasteiger partial charge on any atom is -0.489 e. The number of nitrogens with two attached hydrogens (primary N) is 1. The highest BCUT2D eigenvalue weighted by molar-refractivity contribution is 6.31. The smallest absolute Gasteiger partial charge is 0.128 e. The number of amidine groups is 2. The van der Waals surface area contributed by atoms with Gasteiger partial charge in [0.2, 0.25) is 0 Å². The number of benzodiazepines with no additional fused rings is 1. The zero-order valence-electron chi connectivity index (χ0n) is 17.0. The van der Waals surface area contributed by atoms with E-state index in [0.29, 0.717) is 23.1 Å². The van der Waals surface area contributed by atoms with E-state index in [1.165, 1.54) is 0 Å². The van der Waals surface area contributed by atoms with Crippen molar-refractivity contribution < 1.29 is 4.74 Å². The minimum absolute atomic E-state index is 0.166. The van der Waals surface area contributed by atoms with E-state index in [1.807, 2.05) is 66.7 Å². The maximum absolute atomic E-state index is 8.42. The van der Waals surface area contributed by atoms with Crippen LogP contribution in [0.15, 0.2) is 71.7 Å². The molecule has 0 saturated heterocycles. The number of halogens is 1. The summed E-state index contributed by atoms with van der Waals surface area (Å²) in [6.45, 7) is 2.16. The zero-order valence-corrected chi connectivity index (χ0v) is 17.8. The van der Waals surface area contributed by atoms with Gasteiger partial charge >= 0.3 is 0 Å². The molecule has 3 aromatic carbocycles. The lowest BCUT2D eigenvalue weighted by molar-refractivity contribution is 0.307. The largest absolute Gasteiger partial charge is 0.489 e. The number of nitrogen functional groups attached to an aromatic ring is 1. The molecule has 1 heterocycles. The molecule has 0 aliphatic carbocycles. The van der Waals surface area contributed by atoms with Crippen LogP contribution in [-0.2, 0) is 6.61 Å². The summed E-state index contributed by atoms with van der Waals surface area (Å²) in [5, 5.41) is 17.2. The van der Waals surface area contributed by atoms with E-state index in [9.17, 15) is 0 Å². The SMILES string of the molecule is CC(=N)N1C(=N)CN=C(c2ccc(Cl)cc2)c2cc(OCc3ccccc3N)ccc21. The van der Waals surface area contributed by atoms with E-state index in [4.69, 9.17) is 32.9 Å². The van der Waals surface area contributed by atoms with Crippen molar-refractivity contribution in [2.45, 2.75) is 13.5 Å². The maximum atomic E-state index is 8.42. The normalized spacial score (nSPS) is 13.3. The molecule has 0 unspecified atom stereocenters. The van der Waals surface area contributed by atoms with Gasteiger partial charge in [0.05, 0.1) is 17.9 Å². The first kappa shape index (κ1) is 20.6.